The highest BCUT2D eigenvalue weighted by Gasteiger charge is 2.25. The van der Waals surface area contributed by atoms with Crippen molar-refractivity contribution in [2.75, 3.05) is 20.7 Å². The van der Waals surface area contributed by atoms with Crippen LogP contribution in [-0.4, -0.2) is 41.1 Å². The second-order valence-corrected chi connectivity index (χ2v) is 8.08. The quantitative estimate of drug-likeness (QED) is 0.762. The van der Waals surface area contributed by atoms with Crippen molar-refractivity contribution in [2.24, 2.45) is 5.92 Å². The summed E-state index contributed by atoms with van der Waals surface area (Å²) >= 11 is 1.64. The predicted octanol–water partition coefficient (Wildman–Crippen LogP) is 2.21. The first-order chi connectivity index (χ1) is 11.9. The maximum Gasteiger partial charge on any atom is 0.326 e. The van der Waals surface area contributed by atoms with Gasteiger partial charge in [-0.25, -0.2) is 4.98 Å². The summed E-state index contributed by atoms with van der Waals surface area (Å²) in [6.45, 7) is 4.73. The molecule has 0 bridgehead atoms. The molecule has 2 aromatic rings. The van der Waals surface area contributed by atoms with Crippen LogP contribution >= 0.6 is 11.3 Å². The molecule has 0 aliphatic heterocycles. The van der Waals surface area contributed by atoms with E-state index in [1.807, 2.05) is 19.0 Å². The number of aromatic nitrogens is 2. The van der Waals surface area contributed by atoms with Crippen molar-refractivity contribution in [1.29, 1.82) is 0 Å². The van der Waals surface area contributed by atoms with Gasteiger partial charge in [0.15, 0.2) is 0 Å². The zero-order valence-electron chi connectivity index (χ0n) is 15.3. The Morgan fingerprint density at radius 2 is 2.20 bits per heavy atom. The number of thiophene rings is 1. The van der Waals surface area contributed by atoms with Crippen molar-refractivity contribution >= 4 is 27.5 Å². The fraction of sp³-hybridized carbons (Fsp3) is 0.611. The number of aryl methyl sites for hydroxylation is 1. The molecule has 1 atom stereocenters. The monoisotopic (exact) mass is 363 g/mol. The Kier molecular flexibility index (Phi) is 5.24. The smallest absolute Gasteiger partial charge is 0.326 e. The van der Waals surface area contributed by atoms with Crippen LogP contribution in [0.15, 0.2) is 4.79 Å². The second kappa shape index (κ2) is 7.25. The summed E-state index contributed by atoms with van der Waals surface area (Å²) in [4.78, 5) is 34.0. The van der Waals surface area contributed by atoms with E-state index in [4.69, 9.17) is 9.72 Å². The molecule has 1 unspecified atom stereocenters. The molecular weight excluding hydrogens is 338 g/mol. The number of carbonyl (C=O) groups is 1. The molecule has 1 aliphatic rings. The molecule has 7 heteroatoms. The highest BCUT2D eigenvalue weighted by Crippen LogP contribution is 2.35. The van der Waals surface area contributed by atoms with Gasteiger partial charge in [0, 0.05) is 4.88 Å². The van der Waals surface area contributed by atoms with E-state index in [1.165, 1.54) is 9.44 Å². The SMILES string of the molecule is CCOC(=O)Cn1c(CN(C)C)nc2sc3c(c2c1=O)CCC(C)C3. The molecule has 0 amide bonds. The molecule has 2 heterocycles. The average molecular weight is 363 g/mol. The van der Waals surface area contributed by atoms with Crippen molar-refractivity contribution in [3.05, 3.63) is 26.6 Å². The van der Waals surface area contributed by atoms with Crippen molar-refractivity contribution < 1.29 is 9.53 Å². The molecule has 0 saturated heterocycles. The topological polar surface area (TPSA) is 64.4 Å². The summed E-state index contributed by atoms with van der Waals surface area (Å²) < 4.78 is 6.54. The number of carbonyl (C=O) groups excluding carboxylic acids is 1. The van der Waals surface area contributed by atoms with E-state index in [-0.39, 0.29) is 12.1 Å². The van der Waals surface area contributed by atoms with Crippen LogP contribution in [0.3, 0.4) is 0 Å². The number of hydrogen-bond donors (Lipinski definition) is 0. The van der Waals surface area contributed by atoms with E-state index < -0.39 is 5.97 Å². The predicted molar refractivity (Wildman–Crippen MR) is 99.1 cm³/mol. The van der Waals surface area contributed by atoms with Crippen molar-refractivity contribution in [3.63, 3.8) is 0 Å². The summed E-state index contributed by atoms with van der Waals surface area (Å²) in [5, 5.41) is 0.707. The third-order valence-corrected chi connectivity index (χ3v) is 5.69. The molecule has 0 saturated carbocycles. The van der Waals surface area contributed by atoms with Crippen LogP contribution in [0.5, 0.6) is 0 Å². The fourth-order valence-corrected chi connectivity index (χ4v) is 4.76. The molecule has 0 radical (unpaired) electrons. The standard InChI is InChI=1S/C18H25N3O3S/c1-5-24-15(22)10-21-14(9-20(3)4)19-17-16(18(21)23)12-7-6-11(2)8-13(12)25-17/h11H,5-10H2,1-4H3. The Bertz CT molecular complexity index is 853. The van der Waals surface area contributed by atoms with Crippen molar-refractivity contribution in [2.45, 2.75) is 46.2 Å². The van der Waals surface area contributed by atoms with E-state index >= 15 is 0 Å². The summed E-state index contributed by atoms with van der Waals surface area (Å²) in [6, 6.07) is 0. The van der Waals surface area contributed by atoms with E-state index in [0.717, 1.165) is 29.7 Å². The van der Waals surface area contributed by atoms with Crippen molar-refractivity contribution in [3.8, 4) is 0 Å². The van der Waals surface area contributed by atoms with Crippen LogP contribution in [-0.2, 0) is 35.5 Å². The van der Waals surface area contributed by atoms with Crippen LogP contribution in [0.2, 0.25) is 0 Å². The Labute approximate surface area is 151 Å². The van der Waals surface area contributed by atoms with Crippen molar-refractivity contribution in [1.82, 2.24) is 14.5 Å². The molecule has 6 nitrogen and oxygen atoms in total. The number of fused-ring (bicyclic) bond motifs is 3. The molecule has 0 spiro atoms. The van der Waals surface area contributed by atoms with E-state index in [1.54, 1.807) is 18.3 Å². The molecule has 25 heavy (non-hydrogen) atoms. The lowest BCUT2D eigenvalue weighted by molar-refractivity contribution is -0.143. The van der Waals surface area contributed by atoms with Gasteiger partial charge in [-0.15, -0.1) is 11.3 Å². The lowest BCUT2D eigenvalue weighted by Gasteiger charge is -2.18. The maximum atomic E-state index is 13.2. The molecule has 1 aliphatic carbocycles. The van der Waals surface area contributed by atoms with Crippen LogP contribution in [0.1, 0.15) is 36.5 Å². The first-order valence-electron chi connectivity index (χ1n) is 8.75. The number of hydrogen-bond acceptors (Lipinski definition) is 6. The van der Waals surface area contributed by atoms with Gasteiger partial charge < -0.3 is 9.64 Å². The number of ether oxygens (including phenoxy) is 1. The van der Waals surface area contributed by atoms with Crippen LogP contribution in [0, 0.1) is 5.92 Å². The zero-order valence-corrected chi connectivity index (χ0v) is 16.1. The van der Waals surface area contributed by atoms with Gasteiger partial charge in [0.1, 0.15) is 17.2 Å². The minimum atomic E-state index is -0.400. The Balaban J connectivity index is 2.15. The summed E-state index contributed by atoms with van der Waals surface area (Å²) in [5.74, 6) is 0.856. The molecule has 2 aromatic heterocycles. The van der Waals surface area contributed by atoms with Crippen LogP contribution in [0.25, 0.3) is 10.2 Å². The van der Waals surface area contributed by atoms with Gasteiger partial charge in [0.25, 0.3) is 5.56 Å². The molecule has 0 fully saturated rings. The number of esters is 1. The normalized spacial score (nSPS) is 17.1. The molecule has 0 N–H and O–H groups in total. The average Bonchev–Trinajstić information content (AvgIpc) is 2.88. The van der Waals surface area contributed by atoms with Crippen LogP contribution < -0.4 is 5.56 Å². The number of rotatable bonds is 5. The molecule has 3 rings (SSSR count). The maximum absolute atomic E-state index is 13.2. The Morgan fingerprint density at radius 1 is 1.44 bits per heavy atom. The van der Waals surface area contributed by atoms with E-state index in [2.05, 4.69) is 6.92 Å². The second-order valence-electron chi connectivity index (χ2n) is 6.99. The largest absolute Gasteiger partial charge is 0.465 e. The van der Waals surface area contributed by atoms with Crippen LogP contribution in [0.4, 0.5) is 0 Å². The lowest BCUT2D eigenvalue weighted by Crippen LogP contribution is -2.31. The van der Waals surface area contributed by atoms with Gasteiger partial charge in [-0.05, 0) is 51.8 Å². The van der Waals surface area contributed by atoms with Gasteiger partial charge in [0.2, 0.25) is 0 Å². The summed E-state index contributed by atoms with van der Waals surface area (Å²) in [7, 11) is 3.85. The van der Waals surface area contributed by atoms with Gasteiger partial charge >= 0.3 is 5.97 Å². The number of nitrogens with zero attached hydrogens (tertiary/aromatic N) is 3. The molecule has 0 aromatic carbocycles. The van der Waals surface area contributed by atoms with Gasteiger partial charge in [-0.1, -0.05) is 6.92 Å². The fourth-order valence-electron chi connectivity index (χ4n) is 3.37. The molecule has 136 valence electrons. The summed E-state index contributed by atoms with van der Waals surface area (Å²) in [5.41, 5.74) is 1.03. The minimum absolute atomic E-state index is 0.0835. The highest BCUT2D eigenvalue weighted by molar-refractivity contribution is 7.18. The highest BCUT2D eigenvalue weighted by atomic mass is 32.1. The van der Waals surface area contributed by atoms with E-state index in [0.29, 0.717) is 30.3 Å². The zero-order chi connectivity index (χ0) is 18.1. The first-order valence-corrected chi connectivity index (χ1v) is 9.56. The third-order valence-electron chi connectivity index (χ3n) is 4.54. The van der Waals surface area contributed by atoms with Gasteiger partial charge in [-0.2, -0.15) is 0 Å². The summed E-state index contributed by atoms with van der Waals surface area (Å²) in [6.07, 6.45) is 3.02. The molecular formula is C18H25N3O3S. The third kappa shape index (κ3) is 3.62. The van der Waals surface area contributed by atoms with Gasteiger partial charge in [-0.3, -0.25) is 14.2 Å². The Hall–Kier alpha value is -1.73. The van der Waals surface area contributed by atoms with E-state index in [9.17, 15) is 9.59 Å². The Morgan fingerprint density at radius 3 is 2.88 bits per heavy atom. The minimum Gasteiger partial charge on any atom is -0.465 e. The lowest BCUT2D eigenvalue weighted by atomic mass is 9.89. The first kappa shape index (κ1) is 18.1. The van der Waals surface area contributed by atoms with Gasteiger partial charge in [0.05, 0.1) is 18.5 Å².